The molecule has 0 aromatic heterocycles. The van der Waals surface area contributed by atoms with Gasteiger partial charge in [-0.1, -0.05) is 29.8 Å². The second-order valence-corrected chi connectivity index (χ2v) is 8.88. The Morgan fingerprint density at radius 1 is 1.03 bits per heavy atom. The molecule has 0 unspecified atom stereocenters. The molecule has 3 aromatic rings. The lowest BCUT2D eigenvalue weighted by molar-refractivity contribution is -0.384. The summed E-state index contributed by atoms with van der Waals surface area (Å²) in [4.78, 5) is 37.3. The molecule has 0 radical (unpaired) electrons. The maximum atomic E-state index is 13.2. The van der Waals surface area contributed by atoms with Gasteiger partial charge in [0.1, 0.15) is 30.5 Å². The van der Waals surface area contributed by atoms with E-state index in [0.717, 1.165) is 22.2 Å². The predicted molar refractivity (Wildman–Crippen MR) is 133 cm³/mol. The Morgan fingerprint density at radius 3 is 2.44 bits per heavy atom. The predicted octanol–water partition coefficient (Wildman–Crippen LogP) is 5.74. The number of hydrogen-bond donors (Lipinski definition) is 0. The number of aryl methyl sites for hydroxylation is 1. The highest BCUT2D eigenvalue weighted by atomic mass is 32.2. The monoisotopic (exact) mass is 508 g/mol. The van der Waals surface area contributed by atoms with Gasteiger partial charge in [-0.05, 0) is 60.7 Å². The highest BCUT2D eigenvalue weighted by molar-refractivity contribution is 8.18. The zero-order valence-corrected chi connectivity index (χ0v) is 20.0. The van der Waals surface area contributed by atoms with Crippen molar-refractivity contribution in [2.75, 3.05) is 13.2 Å². The number of ether oxygens (including phenoxy) is 2. The molecule has 10 heteroatoms. The van der Waals surface area contributed by atoms with Gasteiger partial charge in [0.05, 0.1) is 16.4 Å². The molecule has 3 aromatic carbocycles. The van der Waals surface area contributed by atoms with Crippen molar-refractivity contribution in [2.45, 2.75) is 13.5 Å². The van der Waals surface area contributed by atoms with Crippen LogP contribution in [0, 0.1) is 22.9 Å². The van der Waals surface area contributed by atoms with Gasteiger partial charge < -0.3 is 9.47 Å². The van der Waals surface area contributed by atoms with Gasteiger partial charge in [-0.3, -0.25) is 24.6 Å². The van der Waals surface area contributed by atoms with Gasteiger partial charge in [0.25, 0.3) is 16.8 Å². The molecule has 184 valence electrons. The van der Waals surface area contributed by atoms with Crippen molar-refractivity contribution in [3.05, 3.63) is 104 Å². The van der Waals surface area contributed by atoms with Crippen LogP contribution in [0.3, 0.4) is 0 Å². The number of carbonyl (C=O) groups excluding carboxylic acids is 2. The summed E-state index contributed by atoms with van der Waals surface area (Å²) in [6, 6.07) is 17.1. The molecule has 0 aliphatic carbocycles. The van der Waals surface area contributed by atoms with Crippen LogP contribution in [0.1, 0.15) is 16.7 Å². The van der Waals surface area contributed by atoms with E-state index < -0.39 is 16.1 Å². The van der Waals surface area contributed by atoms with Crippen LogP contribution in [0.4, 0.5) is 14.9 Å². The van der Waals surface area contributed by atoms with Crippen molar-refractivity contribution in [3.63, 3.8) is 0 Å². The molecular weight excluding hydrogens is 487 g/mol. The fraction of sp³-hybridized carbons (Fsp3) is 0.154. The molecule has 0 spiro atoms. The fourth-order valence-electron chi connectivity index (χ4n) is 3.36. The molecule has 1 aliphatic rings. The van der Waals surface area contributed by atoms with Crippen LogP contribution in [-0.4, -0.2) is 34.1 Å². The van der Waals surface area contributed by atoms with Gasteiger partial charge in [-0.2, -0.15) is 0 Å². The lowest BCUT2D eigenvalue weighted by atomic mass is 10.1. The highest BCUT2D eigenvalue weighted by Gasteiger charge is 2.35. The summed E-state index contributed by atoms with van der Waals surface area (Å²) in [6.07, 6.45) is 1.40. The summed E-state index contributed by atoms with van der Waals surface area (Å²) in [7, 11) is 0. The van der Waals surface area contributed by atoms with Crippen molar-refractivity contribution in [1.29, 1.82) is 0 Å². The topological polar surface area (TPSA) is 99.0 Å². The van der Waals surface area contributed by atoms with Crippen molar-refractivity contribution in [1.82, 2.24) is 4.90 Å². The second kappa shape index (κ2) is 11.0. The summed E-state index contributed by atoms with van der Waals surface area (Å²) in [5.74, 6) is 0.00495. The molecule has 1 heterocycles. The van der Waals surface area contributed by atoms with Crippen molar-refractivity contribution in [2.24, 2.45) is 0 Å². The van der Waals surface area contributed by atoms with Gasteiger partial charge in [0, 0.05) is 17.7 Å². The van der Waals surface area contributed by atoms with E-state index in [0.29, 0.717) is 11.3 Å². The number of non-ortho nitro benzene ring substituents is 1. The summed E-state index contributed by atoms with van der Waals surface area (Å²) in [6.45, 7) is 2.21. The number of halogens is 1. The molecule has 0 saturated carbocycles. The first-order chi connectivity index (χ1) is 17.3. The molecule has 0 N–H and O–H groups in total. The normalized spacial score (nSPS) is 14.4. The van der Waals surface area contributed by atoms with E-state index in [2.05, 4.69) is 0 Å². The number of rotatable bonds is 9. The Hall–Kier alpha value is -4.18. The first kappa shape index (κ1) is 24.9. The lowest BCUT2D eigenvalue weighted by Gasteiger charge is -2.13. The molecule has 0 atom stereocenters. The van der Waals surface area contributed by atoms with E-state index in [1.165, 1.54) is 36.4 Å². The van der Waals surface area contributed by atoms with E-state index >= 15 is 0 Å². The Kier molecular flexibility index (Phi) is 7.65. The van der Waals surface area contributed by atoms with Crippen LogP contribution in [0.25, 0.3) is 6.08 Å². The SMILES string of the molecule is Cc1ccc(OCCN2C(=O)S/C(=C\c3cc([N+](=O)[O-])ccc3OCc3ccc(F)cc3)C2=O)cc1. The zero-order chi connectivity index (χ0) is 25.7. The van der Waals surface area contributed by atoms with E-state index in [1.54, 1.807) is 24.3 Å². The summed E-state index contributed by atoms with van der Waals surface area (Å²) in [5.41, 5.74) is 1.85. The van der Waals surface area contributed by atoms with Crippen LogP contribution in [0.2, 0.25) is 0 Å². The third-order valence-corrected chi connectivity index (χ3v) is 6.18. The highest BCUT2D eigenvalue weighted by Crippen LogP contribution is 2.35. The molecule has 0 bridgehead atoms. The Morgan fingerprint density at radius 2 is 1.75 bits per heavy atom. The average molecular weight is 509 g/mol. The first-order valence-electron chi connectivity index (χ1n) is 10.9. The minimum absolute atomic E-state index is 0.0543. The Labute approximate surface area is 210 Å². The number of nitro benzene ring substituents is 1. The number of imide groups is 1. The van der Waals surface area contributed by atoms with Crippen LogP contribution < -0.4 is 9.47 Å². The molecule has 2 amide bonds. The molecule has 36 heavy (non-hydrogen) atoms. The summed E-state index contributed by atoms with van der Waals surface area (Å²) in [5, 5.41) is 10.8. The molecule has 4 rings (SSSR count). The molecule has 1 fully saturated rings. The number of carbonyl (C=O) groups is 2. The quantitative estimate of drug-likeness (QED) is 0.207. The summed E-state index contributed by atoms with van der Waals surface area (Å²) >= 11 is 0.740. The minimum atomic E-state index is -0.560. The van der Waals surface area contributed by atoms with Crippen molar-refractivity contribution in [3.8, 4) is 11.5 Å². The van der Waals surface area contributed by atoms with Gasteiger partial charge in [0.2, 0.25) is 0 Å². The smallest absolute Gasteiger partial charge is 0.293 e. The summed E-state index contributed by atoms with van der Waals surface area (Å²) < 4.78 is 24.6. The number of amides is 2. The second-order valence-electron chi connectivity index (χ2n) is 7.89. The van der Waals surface area contributed by atoms with Gasteiger partial charge in [-0.15, -0.1) is 0 Å². The van der Waals surface area contributed by atoms with Crippen molar-refractivity contribution < 1.29 is 28.4 Å². The fourth-order valence-corrected chi connectivity index (χ4v) is 4.21. The zero-order valence-electron chi connectivity index (χ0n) is 19.2. The molecular formula is C26H21FN2O6S. The van der Waals surface area contributed by atoms with E-state index in [9.17, 15) is 24.1 Å². The average Bonchev–Trinajstić information content (AvgIpc) is 3.12. The Balaban J connectivity index is 1.49. The lowest BCUT2D eigenvalue weighted by Crippen LogP contribution is -2.32. The third-order valence-electron chi connectivity index (χ3n) is 5.28. The van der Waals surface area contributed by atoms with Crippen LogP contribution in [0.5, 0.6) is 11.5 Å². The number of thioether (sulfide) groups is 1. The number of nitro groups is 1. The van der Waals surface area contributed by atoms with E-state index in [-0.39, 0.29) is 47.5 Å². The van der Waals surface area contributed by atoms with E-state index in [1.807, 2.05) is 19.1 Å². The van der Waals surface area contributed by atoms with Crippen LogP contribution in [-0.2, 0) is 11.4 Å². The number of benzene rings is 3. The van der Waals surface area contributed by atoms with Crippen LogP contribution >= 0.6 is 11.8 Å². The largest absolute Gasteiger partial charge is 0.492 e. The standard InChI is InChI=1S/C26H21FN2O6S/c1-17-2-9-22(10-3-17)34-13-12-28-25(30)24(36-26(28)31)15-19-14-21(29(32)33)8-11-23(19)35-16-18-4-6-20(27)7-5-18/h2-11,14-15H,12-13,16H2,1H3/b24-15-. The maximum absolute atomic E-state index is 13.2. The number of nitrogens with zero attached hydrogens (tertiary/aromatic N) is 2. The first-order valence-corrected chi connectivity index (χ1v) is 11.7. The third kappa shape index (κ3) is 6.08. The number of hydrogen-bond acceptors (Lipinski definition) is 7. The molecule has 8 nitrogen and oxygen atoms in total. The molecule has 1 saturated heterocycles. The van der Waals surface area contributed by atoms with Gasteiger partial charge in [-0.25, -0.2) is 4.39 Å². The van der Waals surface area contributed by atoms with E-state index in [4.69, 9.17) is 9.47 Å². The van der Waals surface area contributed by atoms with Gasteiger partial charge >= 0.3 is 0 Å². The molecule has 1 aliphatic heterocycles. The van der Waals surface area contributed by atoms with Crippen LogP contribution in [0.15, 0.2) is 71.6 Å². The van der Waals surface area contributed by atoms with Crippen molar-refractivity contribution >= 4 is 34.7 Å². The van der Waals surface area contributed by atoms with Gasteiger partial charge in [0.15, 0.2) is 0 Å². The Bertz CT molecular complexity index is 1330. The minimum Gasteiger partial charge on any atom is -0.492 e. The maximum Gasteiger partial charge on any atom is 0.293 e.